The van der Waals surface area contributed by atoms with Gasteiger partial charge in [-0.2, -0.15) is 0 Å². The van der Waals surface area contributed by atoms with Gasteiger partial charge < -0.3 is 9.80 Å². The fraction of sp³-hybridized carbons (Fsp3) is 0. The van der Waals surface area contributed by atoms with E-state index in [1.165, 1.54) is 143 Å². The van der Waals surface area contributed by atoms with Crippen molar-refractivity contribution in [1.29, 1.82) is 0 Å². The minimum atomic E-state index is 1.10. The fourth-order valence-corrected chi connectivity index (χ4v) is 15.4. The first-order chi connectivity index (χ1) is 53.5. The molecule has 19 aromatic rings. The quantitative estimate of drug-likeness (QED) is 0.101. The summed E-state index contributed by atoms with van der Waals surface area (Å²) in [5, 5.41) is 10.1. The maximum absolute atomic E-state index is 2.35. The molecule has 508 valence electrons. The largest absolute Gasteiger partial charge is 0.311 e. The molecule has 2 nitrogen and oxygen atoms in total. The molecule has 2 heteroatoms. The van der Waals surface area contributed by atoms with E-state index in [2.05, 4.69) is 459 Å². The number of nitrogens with zero attached hydrogens (tertiary/aromatic N) is 2. The summed E-state index contributed by atoms with van der Waals surface area (Å²) in [7, 11) is 0. The third kappa shape index (κ3) is 13.6. The molecule has 0 amide bonds. The third-order valence-electron chi connectivity index (χ3n) is 21.0. The van der Waals surface area contributed by atoms with Crippen molar-refractivity contribution in [2.45, 2.75) is 0 Å². The molecule has 0 heterocycles. The summed E-state index contributed by atoms with van der Waals surface area (Å²) in [5.74, 6) is 0. The number of rotatable bonds is 15. The molecule has 0 radical (unpaired) electrons. The zero-order valence-corrected chi connectivity index (χ0v) is 59.6. The molecule has 0 bridgehead atoms. The first kappa shape index (κ1) is 65.8. The second kappa shape index (κ2) is 29.9. The monoisotopic (exact) mass is 1370 g/mol. The lowest BCUT2D eigenvalue weighted by atomic mass is 9.96. The highest BCUT2D eigenvalue weighted by Gasteiger charge is 2.19. The van der Waals surface area contributed by atoms with E-state index in [1.54, 1.807) is 0 Å². The van der Waals surface area contributed by atoms with Crippen molar-refractivity contribution in [1.82, 2.24) is 0 Å². The molecule has 0 fully saturated rings. The molecule has 19 aromatic carbocycles. The molecule has 0 aliphatic carbocycles. The average Bonchev–Trinajstić information content (AvgIpc) is 0.779. The van der Waals surface area contributed by atoms with E-state index < -0.39 is 0 Å². The maximum atomic E-state index is 2.35. The minimum Gasteiger partial charge on any atom is -0.311 e. The summed E-state index contributed by atoms with van der Waals surface area (Å²) < 4.78 is 0. The Morgan fingerprint density at radius 1 is 0.111 bits per heavy atom. The van der Waals surface area contributed by atoms with Gasteiger partial charge >= 0.3 is 0 Å². The smallest absolute Gasteiger partial charge is 0.0462 e. The number of anilines is 6. The fourth-order valence-electron chi connectivity index (χ4n) is 15.4. The normalized spacial score (nSPS) is 11.1. The van der Waals surface area contributed by atoms with E-state index in [9.17, 15) is 0 Å². The zero-order chi connectivity index (χ0) is 72.0. The van der Waals surface area contributed by atoms with Crippen molar-refractivity contribution in [2.75, 3.05) is 9.80 Å². The van der Waals surface area contributed by atoms with Crippen molar-refractivity contribution < 1.29 is 0 Å². The molecule has 0 saturated carbocycles. The lowest BCUT2D eigenvalue weighted by Crippen LogP contribution is -2.09. The van der Waals surface area contributed by atoms with Gasteiger partial charge in [-0.3, -0.25) is 0 Å². The Bertz CT molecular complexity index is 6210. The SMILES string of the molecule is c1ccc(-c2cccc(-c3ccc(N(c4ccc(-c5ccc(-c6cccc7ccccc67)cc5)cc4)c4ccc(-c5cccc6ccccc56)cc4)cc3)c2)cc1.c1ccc(-c2cccc(-c3ccc(N(c4ccc(-c5cccc6ccccc56)cc4)c4ccc(-c5cccc6ccccc56)cc4)cc3)c2)cc1. The number of benzene rings is 19. The van der Waals surface area contributed by atoms with E-state index in [0.717, 1.165) is 34.1 Å². The predicted octanol–water partition coefficient (Wildman–Crippen LogP) is 29.9. The van der Waals surface area contributed by atoms with Crippen LogP contribution in [-0.2, 0) is 0 Å². The predicted molar refractivity (Wildman–Crippen MR) is 461 cm³/mol. The zero-order valence-electron chi connectivity index (χ0n) is 59.6. The van der Waals surface area contributed by atoms with Crippen LogP contribution in [0.15, 0.2) is 449 Å². The lowest BCUT2D eigenvalue weighted by Gasteiger charge is -2.26. The van der Waals surface area contributed by atoms with Crippen LogP contribution in [0.4, 0.5) is 34.1 Å². The number of hydrogen-bond acceptors (Lipinski definition) is 2. The van der Waals surface area contributed by atoms with Crippen LogP contribution in [0.2, 0.25) is 0 Å². The van der Waals surface area contributed by atoms with Crippen LogP contribution in [0.5, 0.6) is 0 Å². The molecular weight excluding hydrogens is 1300 g/mol. The Morgan fingerprint density at radius 2 is 0.278 bits per heavy atom. The second-order valence-corrected chi connectivity index (χ2v) is 27.5. The molecule has 108 heavy (non-hydrogen) atoms. The van der Waals surface area contributed by atoms with Gasteiger partial charge in [0.1, 0.15) is 0 Å². The van der Waals surface area contributed by atoms with Crippen molar-refractivity contribution in [2.24, 2.45) is 0 Å². The van der Waals surface area contributed by atoms with Crippen LogP contribution in [-0.4, -0.2) is 0 Å². The molecule has 0 spiro atoms. The Hall–Kier alpha value is -14.2. The van der Waals surface area contributed by atoms with Gasteiger partial charge in [-0.1, -0.05) is 364 Å². The highest BCUT2D eigenvalue weighted by molar-refractivity contribution is 6.01. The molecule has 0 aliphatic heterocycles. The van der Waals surface area contributed by atoms with Crippen LogP contribution in [0, 0.1) is 0 Å². The van der Waals surface area contributed by atoms with E-state index in [0.29, 0.717) is 0 Å². The van der Waals surface area contributed by atoms with Crippen molar-refractivity contribution in [3.63, 3.8) is 0 Å². The summed E-state index contributed by atoms with van der Waals surface area (Å²) in [5.41, 5.74) is 28.5. The number of fused-ring (bicyclic) bond motifs is 4. The molecule has 0 N–H and O–H groups in total. The summed E-state index contributed by atoms with van der Waals surface area (Å²) in [6.07, 6.45) is 0. The first-order valence-electron chi connectivity index (χ1n) is 37.1. The van der Waals surface area contributed by atoms with Gasteiger partial charge in [0, 0.05) is 34.1 Å². The molecule has 0 saturated heterocycles. The van der Waals surface area contributed by atoms with E-state index >= 15 is 0 Å². The Labute approximate surface area is 631 Å². The van der Waals surface area contributed by atoms with Gasteiger partial charge in [0.2, 0.25) is 0 Å². The van der Waals surface area contributed by atoms with Crippen LogP contribution in [0.1, 0.15) is 0 Å². The van der Waals surface area contributed by atoms with Gasteiger partial charge in [-0.15, -0.1) is 0 Å². The van der Waals surface area contributed by atoms with Gasteiger partial charge in [0.05, 0.1) is 0 Å². The summed E-state index contributed by atoms with van der Waals surface area (Å²) in [6.45, 7) is 0. The molecule has 0 unspecified atom stereocenters. The van der Waals surface area contributed by atoms with Crippen LogP contribution < -0.4 is 9.80 Å². The van der Waals surface area contributed by atoms with Crippen LogP contribution in [0.25, 0.3) is 143 Å². The highest BCUT2D eigenvalue weighted by atomic mass is 15.1. The van der Waals surface area contributed by atoms with Crippen molar-refractivity contribution >= 4 is 77.2 Å². The summed E-state index contributed by atoms with van der Waals surface area (Å²) >= 11 is 0. The van der Waals surface area contributed by atoms with Crippen molar-refractivity contribution in [3.05, 3.63) is 449 Å². The summed E-state index contributed by atoms with van der Waals surface area (Å²) in [6, 6.07) is 162. The topological polar surface area (TPSA) is 6.48 Å². The van der Waals surface area contributed by atoms with E-state index in [4.69, 9.17) is 0 Å². The van der Waals surface area contributed by atoms with Gasteiger partial charge in [-0.05, 0) is 228 Å². The summed E-state index contributed by atoms with van der Waals surface area (Å²) in [4.78, 5) is 4.70. The third-order valence-corrected chi connectivity index (χ3v) is 21.0. The molecule has 0 aromatic heterocycles. The van der Waals surface area contributed by atoms with Gasteiger partial charge in [0.25, 0.3) is 0 Å². The average molecular weight is 1380 g/mol. The van der Waals surface area contributed by atoms with Gasteiger partial charge in [-0.25, -0.2) is 0 Å². The molecule has 0 aliphatic rings. The van der Waals surface area contributed by atoms with Gasteiger partial charge in [0.15, 0.2) is 0 Å². The van der Waals surface area contributed by atoms with Crippen molar-refractivity contribution in [3.8, 4) is 100 Å². The Morgan fingerprint density at radius 3 is 0.537 bits per heavy atom. The van der Waals surface area contributed by atoms with Crippen LogP contribution >= 0.6 is 0 Å². The van der Waals surface area contributed by atoms with E-state index in [1.807, 2.05) is 0 Å². The van der Waals surface area contributed by atoms with E-state index in [-0.39, 0.29) is 0 Å². The standard InChI is InChI=1S/C56H39N.C50H35N/c1-2-11-40(12-3-1)48-17-8-18-49(39-48)43-29-35-51(36-30-43)57(52-37-31-47(32-38-52)56-22-10-16-45-14-5-7-20-54(45)56)50-33-27-42(28-34-50)41-23-25-46(26-24-41)55-21-9-15-44-13-4-6-19-53(44)55;1-2-11-36(12-3-1)42-17-8-18-43(35-42)37-23-29-44(30-24-37)51(45-31-25-40(26-32-45)49-21-9-15-38-13-4-6-19-47(38)49)46-33-27-41(28-34-46)50-22-10-16-39-14-5-7-20-48(39)50/h1-39H;1-35H. The maximum Gasteiger partial charge on any atom is 0.0462 e. The molecule has 19 rings (SSSR count). The van der Waals surface area contributed by atoms with Crippen LogP contribution in [0.3, 0.4) is 0 Å². The minimum absolute atomic E-state index is 1.10. The molecule has 0 atom stereocenters. The Balaban J connectivity index is 0.000000153. The second-order valence-electron chi connectivity index (χ2n) is 27.5. The first-order valence-corrected chi connectivity index (χ1v) is 37.1. The number of hydrogen-bond donors (Lipinski definition) is 0. The Kier molecular flexibility index (Phi) is 18.2. The molecular formula is C106H74N2. The highest BCUT2D eigenvalue weighted by Crippen LogP contribution is 2.43. The lowest BCUT2D eigenvalue weighted by molar-refractivity contribution is 1.28.